The van der Waals surface area contributed by atoms with Crippen molar-refractivity contribution in [3.8, 4) is 0 Å². The highest BCUT2D eigenvalue weighted by Crippen LogP contribution is 2.30. The topological polar surface area (TPSA) is 37.8 Å². The summed E-state index contributed by atoms with van der Waals surface area (Å²) in [5, 5.41) is 2.78. The Morgan fingerprint density at radius 1 is 1.05 bits per heavy atom. The van der Waals surface area contributed by atoms with E-state index in [4.69, 9.17) is 0 Å². The summed E-state index contributed by atoms with van der Waals surface area (Å²) in [5.74, 6) is 0.594. The van der Waals surface area contributed by atoms with Crippen LogP contribution in [0.4, 0.5) is 24.8 Å². The number of aromatic nitrogens is 2. The Hall–Kier alpha value is -2.11. The summed E-state index contributed by atoms with van der Waals surface area (Å²) in [4.78, 5) is 8.05. The highest BCUT2D eigenvalue weighted by Gasteiger charge is 2.30. The fraction of sp³-hybridized carbons (Fsp3) is 0.231. The zero-order chi connectivity index (χ0) is 14.0. The van der Waals surface area contributed by atoms with Crippen LogP contribution in [0.5, 0.6) is 0 Å². The van der Waals surface area contributed by atoms with Crippen molar-refractivity contribution in [2.45, 2.75) is 20.0 Å². The maximum atomic E-state index is 12.6. The maximum absolute atomic E-state index is 12.6. The highest BCUT2D eigenvalue weighted by atomic mass is 19.4. The first-order valence-corrected chi connectivity index (χ1v) is 5.60. The van der Waals surface area contributed by atoms with Crippen LogP contribution in [-0.2, 0) is 6.18 Å². The van der Waals surface area contributed by atoms with Gasteiger partial charge < -0.3 is 5.32 Å². The van der Waals surface area contributed by atoms with Gasteiger partial charge in [0.15, 0.2) is 0 Å². The van der Waals surface area contributed by atoms with Crippen LogP contribution in [0.15, 0.2) is 30.5 Å². The van der Waals surface area contributed by atoms with Crippen LogP contribution in [0.1, 0.15) is 16.8 Å². The molecule has 0 aliphatic rings. The molecule has 0 amide bonds. The van der Waals surface area contributed by atoms with Crippen molar-refractivity contribution in [3.05, 3.63) is 47.3 Å². The third kappa shape index (κ3) is 3.43. The second-order valence-electron chi connectivity index (χ2n) is 4.22. The van der Waals surface area contributed by atoms with E-state index in [1.807, 2.05) is 19.9 Å². The molecule has 2 heterocycles. The molecule has 19 heavy (non-hydrogen) atoms. The molecule has 0 unspecified atom stereocenters. The molecular weight excluding hydrogens is 255 g/mol. The molecule has 6 heteroatoms. The monoisotopic (exact) mass is 267 g/mol. The van der Waals surface area contributed by atoms with Crippen molar-refractivity contribution in [3.63, 3.8) is 0 Å². The molecule has 2 rings (SSSR count). The Bertz CT molecular complexity index is 574. The number of halogens is 3. The van der Waals surface area contributed by atoms with Crippen molar-refractivity contribution in [2.75, 3.05) is 5.32 Å². The highest BCUT2D eigenvalue weighted by molar-refractivity contribution is 5.53. The Balaban J connectivity index is 2.28. The molecule has 2 aromatic heterocycles. The number of aryl methyl sites for hydroxylation is 2. The maximum Gasteiger partial charge on any atom is 0.416 e. The van der Waals surface area contributed by atoms with Crippen molar-refractivity contribution in [2.24, 2.45) is 0 Å². The summed E-state index contributed by atoms with van der Waals surface area (Å²) in [5.41, 5.74) is 1.02. The van der Waals surface area contributed by atoms with Gasteiger partial charge in [-0.25, -0.2) is 9.97 Å². The Kier molecular flexibility index (Phi) is 3.42. The molecule has 100 valence electrons. The molecular formula is C13H12F3N3. The molecule has 0 saturated carbocycles. The molecule has 0 saturated heterocycles. The van der Waals surface area contributed by atoms with Gasteiger partial charge in [0.05, 0.1) is 5.56 Å². The van der Waals surface area contributed by atoms with Crippen LogP contribution in [0.3, 0.4) is 0 Å². The molecule has 3 nitrogen and oxygen atoms in total. The van der Waals surface area contributed by atoms with Crippen LogP contribution >= 0.6 is 0 Å². The van der Waals surface area contributed by atoms with Gasteiger partial charge in [0, 0.05) is 11.9 Å². The average molecular weight is 267 g/mol. The van der Waals surface area contributed by atoms with Crippen LogP contribution in [-0.4, -0.2) is 9.97 Å². The fourth-order valence-electron chi connectivity index (χ4n) is 1.71. The molecule has 2 aromatic rings. The SMILES string of the molecule is Cc1cc(C)nc(Nc2cc(C(F)(F)F)ccn2)c1. The quantitative estimate of drug-likeness (QED) is 0.897. The van der Waals surface area contributed by atoms with Gasteiger partial charge >= 0.3 is 6.18 Å². The minimum absolute atomic E-state index is 0.118. The number of anilines is 2. The molecule has 0 spiro atoms. The molecule has 0 aliphatic carbocycles. The Morgan fingerprint density at radius 3 is 2.42 bits per heavy atom. The Labute approximate surface area is 108 Å². The van der Waals surface area contributed by atoms with E-state index in [9.17, 15) is 13.2 Å². The smallest absolute Gasteiger partial charge is 0.325 e. The summed E-state index contributed by atoms with van der Waals surface area (Å²) in [6.45, 7) is 3.71. The first-order valence-electron chi connectivity index (χ1n) is 5.60. The molecule has 0 bridgehead atoms. The van der Waals surface area contributed by atoms with E-state index >= 15 is 0 Å². The fourth-order valence-corrected chi connectivity index (χ4v) is 1.71. The zero-order valence-corrected chi connectivity index (χ0v) is 10.4. The van der Waals surface area contributed by atoms with E-state index in [1.54, 1.807) is 6.07 Å². The van der Waals surface area contributed by atoms with Gasteiger partial charge in [-0.3, -0.25) is 0 Å². The molecule has 0 fully saturated rings. The zero-order valence-electron chi connectivity index (χ0n) is 10.4. The van der Waals surface area contributed by atoms with E-state index in [2.05, 4.69) is 15.3 Å². The number of rotatable bonds is 2. The largest absolute Gasteiger partial charge is 0.416 e. The number of alkyl halides is 3. The van der Waals surface area contributed by atoms with E-state index in [0.29, 0.717) is 5.82 Å². The lowest BCUT2D eigenvalue weighted by Gasteiger charge is -2.10. The minimum atomic E-state index is -4.38. The summed E-state index contributed by atoms with van der Waals surface area (Å²) in [7, 11) is 0. The summed E-state index contributed by atoms with van der Waals surface area (Å²) in [6, 6.07) is 5.51. The van der Waals surface area contributed by atoms with Crippen molar-refractivity contribution in [1.82, 2.24) is 9.97 Å². The standard InChI is InChI=1S/C13H12F3N3/c1-8-5-9(2)18-12(6-8)19-11-7-10(3-4-17-11)13(14,15)16/h3-7H,1-2H3,(H,17,18,19). The molecule has 0 aliphatic heterocycles. The molecule has 0 atom stereocenters. The predicted molar refractivity (Wildman–Crippen MR) is 66.2 cm³/mol. The van der Waals surface area contributed by atoms with Gasteiger partial charge in [-0.1, -0.05) is 0 Å². The van der Waals surface area contributed by atoms with E-state index in [1.165, 1.54) is 0 Å². The van der Waals surface area contributed by atoms with E-state index in [0.717, 1.165) is 29.6 Å². The third-order valence-electron chi connectivity index (χ3n) is 2.44. The van der Waals surface area contributed by atoms with Crippen LogP contribution in [0, 0.1) is 13.8 Å². The van der Waals surface area contributed by atoms with Crippen LogP contribution in [0.25, 0.3) is 0 Å². The molecule has 0 aromatic carbocycles. The number of pyridine rings is 2. The number of nitrogens with zero attached hydrogens (tertiary/aromatic N) is 2. The van der Waals surface area contributed by atoms with Crippen LogP contribution in [0.2, 0.25) is 0 Å². The van der Waals surface area contributed by atoms with Gasteiger partial charge in [-0.05, 0) is 43.7 Å². The number of nitrogens with one attached hydrogen (secondary N) is 1. The van der Waals surface area contributed by atoms with Crippen molar-refractivity contribution >= 4 is 11.6 Å². The van der Waals surface area contributed by atoms with Gasteiger partial charge in [0.25, 0.3) is 0 Å². The normalized spacial score (nSPS) is 11.4. The first-order chi connectivity index (χ1) is 8.84. The Morgan fingerprint density at radius 2 is 1.79 bits per heavy atom. The van der Waals surface area contributed by atoms with Crippen molar-refractivity contribution in [1.29, 1.82) is 0 Å². The lowest BCUT2D eigenvalue weighted by molar-refractivity contribution is -0.137. The lowest BCUT2D eigenvalue weighted by atomic mass is 10.2. The number of hydrogen-bond acceptors (Lipinski definition) is 3. The summed E-state index contributed by atoms with van der Waals surface area (Å²) in [6.07, 6.45) is -3.26. The van der Waals surface area contributed by atoms with Gasteiger partial charge in [-0.15, -0.1) is 0 Å². The van der Waals surface area contributed by atoms with Crippen LogP contribution < -0.4 is 5.32 Å². The first kappa shape index (κ1) is 13.3. The minimum Gasteiger partial charge on any atom is -0.325 e. The number of hydrogen-bond donors (Lipinski definition) is 1. The second kappa shape index (κ2) is 4.87. The average Bonchev–Trinajstić information content (AvgIpc) is 2.26. The van der Waals surface area contributed by atoms with Gasteiger partial charge in [0.1, 0.15) is 11.6 Å². The molecule has 0 radical (unpaired) electrons. The van der Waals surface area contributed by atoms with Gasteiger partial charge in [0.2, 0.25) is 0 Å². The third-order valence-corrected chi connectivity index (χ3v) is 2.44. The summed E-state index contributed by atoms with van der Waals surface area (Å²) >= 11 is 0. The second-order valence-corrected chi connectivity index (χ2v) is 4.22. The van der Waals surface area contributed by atoms with E-state index < -0.39 is 11.7 Å². The predicted octanol–water partition coefficient (Wildman–Crippen LogP) is 3.86. The van der Waals surface area contributed by atoms with Gasteiger partial charge in [-0.2, -0.15) is 13.2 Å². The van der Waals surface area contributed by atoms with Crippen molar-refractivity contribution < 1.29 is 13.2 Å². The van der Waals surface area contributed by atoms with E-state index in [-0.39, 0.29) is 5.82 Å². The summed E-state index contributed by atoms with van der Waals surface area (Å²) < 4.78 is 37.7. The lowest BCUT2D eigenvalue weighted by Crippen LogP contribution is -2.06. The molecule has 1 N–H and O–H groups in total.